The largest absolute Gasteiger partial charge is 0.351 e. The normalized spacial score (nSPS) is 12.0. The number of nitrogens with one attached hydrogen (secondary N) is 1. The van der Waals surface area contributed by atoms with Gasteiger partial charge in [-0.25, -0.2) is 4.79 Å². The number of nitrogens with zero attached hydrogens (tertiary/aromatic N) is 2. The second-order valence-corrected chi connectivity index (χ2v) is 9.14. The van der Waals surface area contributed by atoms with E-state index < -0.39 is 17.2 Å². The van der Waals surface area contributed by atoms with E-state index in [1.54, 1.807) is 12.1 Å². The first-order valence-electron chi connectivity index (χ1n) is 7.68. The van der Waals surface area contributed by atoms with Gasteiger partial charge in [0.2, 0.25) is 5.91 Å². The number of amides is 3. The quantitative estimate of drug-likeness (QED) is 0.508. The maximum absolute atomic E-state index is 12.1. The Labute approximate surface area is 163 Å². The average Bonchev–Trinajstić information content (AvgIpc) is 3.05. The Morgan fingerprint density at radius 1 is 1.15 bits per heavy atom. The molecule has 1 atom stereocenters. The Hall–Kier alpha value is -1.91. The number of ketones is 1. The second kappa shape index (κ2) is 9.70. The molecule has 0 bridgehead atoms. The van der Waals surface area contributed by atoms with Gasteiger partial charge in [-0.05, 0) is 5.92 Å². The summed E-state index contributed by atoms with van der Waals surface area (Å²) in [6.45, 7) is 3.74. The molecule has 0 saturated carbocycles. The minimum absolute atomic E-state index is 0.0147. The first kappa shape index (κ1) is 20.4. The van der Waals surface area contributed by atoms with Crippen LogP contribution >= 0.6 is 34.9 Å². The van der Waals surface area contributed by atoms with Gasteiger partial charge in [0, 0.05) is 5.56 Å². The maximum Gasteiger partial charge on any atom is 0.318 e. The molecule has 2 rings (SSSR count). The summed E-state index contributed by atoms with van der Waals surface area (Å²) in [6.07, 6.45) is 0. The van der Waals surface area contributed by atoms with Crippen molar-refractivity contribution in [1.82, 2.24) is 15.5 Å². The number of thioether (sulfide) groups is 2. The lowest BCUT2D eigenvalue weighted by molar-refractivity contribution is -0.120. The van der Waals surface area contributed by atoms with Crippen LogP contribution in [0.1, 0.15) is 24.2 Å². The Bertz CT molecular complexity index is 780. The van der Waals surface area contributed by atoms with Crippen molar-refractivity contribution in [2.45, 2.75) is 27.8 Å². The molecule has 7 nitrogen and oxygen atoms in total. The van der Waals surface area contributed by atoms with Crippen molar-refractivity contribution >= 4 is 52.6 Å². The highest BCUT2D eigenvalue weighted by Gasteiger charge is 2.26. The molecule has 0 aliphatic rings. The van der Waals surface area contributed by atoms with E-state index in [9.17, 15) is 14.4 Å². The molecule has 0 saturated heterocycles. The third-order valence-electron chi connectivity index (χ3n) is 3.15. The van der Waals surface area contributed by atoms with Crippen LogP contribution < -0.4 is 11.1 Å². The molecule has 138 valence electrons. The van der Waals surface area contributed by atoms with Crippen LogP contribution in [-0.2, 0) is 4.79 Å². The molecule has 26 heavy (non-hydrogen) atoms. The minimum Gasteiger partial charge on any atom is -0.351 e. The van der Waals surface area contributed by atoms with Crippen LogP contribution in [0.25, 0.3) is 0 Å². The van der Waals surface area contributed by atoms with E-state index in [0.29, 0.717) is 14.2 Å². The Balaban J connectivity index is 1.94. The van der Waals surface area contributed by atoms with Crippen LogP contribution in [0, 0.1) is 5.92 Å². The monoisotopic (exact) mass is 410 g/mol. The number of hydrogen-bond acceptors (Lipinski definition) is 8. The fourth-order valence-corrected chi connectivity index (χ4v) is 5.05. The number of primary amides is 1. The zero-order valence-electron chi connectivity index (χ0n) is 14.2. The number of Topliss-reactive ketones (excluding diaryl/α,β-unsaturated/α-hetero) is 1. The van der Waals surface area contributed by atoms with Gasteiger partial charge >= 0.3 is 6.03 Å². The number of carbonyl (C=O) groups excluding carboxylic acids is 3. The van der Waals surface area contributed by atoms with Gasteiger partial charge < -0.3 is 5.73 Å². The fraction of sp³-hybridized carbons (Fsp3) is 0.312. The van der Waals surface area contributed by atoms with Crippen molar-refractivity contribution in [3.63, 3.8) is 0 Å². The molecule has 0 spiro atoms. The highest BCUT2D eigenvalue weighted by Crippen LogP contribution is 2.34. The van der Waals surface area contributed by atoms with Crippen molar-refractivity contribution in [1.29, 1.82) is 0 Å². The summed E-state index contributed by atoms with van der Waals surface area (Å²) in [7, 11) is 0. The first-order valence-corrected chi connectivity index (χ1v) is 10.4. The van der Waals surface area contributed by atoms with E-state index in [1.165, 1.54) is 34.9 Å². The number of nitrogens with two attached hydrogens (primary N) is 1. The molecule has 0 fully saturated rings. The number of benzene rings is 1. The zero-order valence-corrected chi connectivity index (χ0v) is 16.6. The van der Waals surface area contributed by atoms with Gasteiger partial charge in [-0.1, -0.05) is 79.0 Å². The minimum atomic E-state index is -0.880. The summed E-state index contributed by atoms with van der Waals surface area (Å²) >= 11 is 3.84. The summed E-state index contributed by atoms with van der Waals surface area (Å²) in [4.78, 5) is 35.0. The molecule has 1 heterocycles. The molecular formula is C16H18N4O3S3. The van der Waals surface area contributed by atoms with Gasteiger partial charge in [-0.3, -0.25) is 14.9 Å². The molecular weight excluding hydrogens is 392 g/mol. The number of aromatic nitrogens is 2. The number of hydrogen-bond donors (Lipinski definition) is 2. The number of rotatable bonds is 8. The van der Waals surface area contributed by atoms with E-state index in [1.807, 2.05) is 32.0 Å². The smallest absolute Gasteiger partial charge is 0.318 e. The van der Waals surface area contributed by atoms with Crippen LogP contribution in [-0.4, -0.2) is 38.9 Å². The lowest BCUT2D eigenvalue weighted by atomic mass is 10.1. The lowest BCUT2D eigenvalue weighted by Crippen LogP contribution is -2.42. The highest BCUT2D eigenvalue weighted by atomic mass is 32.2. The molecule has 2 aromatic rings. The predicted octanol–water partition coefficient (Wildman–Crippen LogP) is 2.82. The molecule has 1 aromatic carbocycles. The van der Waals surface area contributed by atoms with Crippen LogP contribution in [0.4, 0.5) is 4.79 Å². The summed E-state index contributed by atoms with van der Waals surface area (Å²) in [5.41, 5.74) is 5.66. The first-order chi connectivity index (χ1) is 12.4. The van der Waals surface area contributed by atoms with Gasteiger partial charge in [-0.2, -0.15) is 0 Å². The van der Waals surface area contributed by atoms with Crippen LogP contribution in [0.3, 0.4) is 0 Å². The van der Waals surface area contributed by atoms with E-state index >= 15 is 0 Å². The van der Waals surface area contributed by atoms with Crippen LogP contribution in [0.15, 0.2) is 39.0 Å². The summed E-state index contributed by atoms with van der Waals surface area (Å²) in [6, 6.07) is 8.16. The average molecular weight is 411 g/mol. The van der Waals surface area contributed by atoms with Crippen molar-refractivity contribution in [2.24, 2.45) is 11.7 Å². The third-order valence-corrected chi connectivity index (χ3v) is 6.83. The maximum atomic E-state index is 12.1. The Morgan fingerprint density at radius 2 is 1.81 bits per heavy atom. The molecule has 0 aliphatic carbocycles. The van der Waals surface area contributed by atoms with Crippen LogP contribution in [0.2, 0.25) is 0 Å². The molecule has 3 amide bonds. The van der Waals surface area contributed by atoms with E-state index in [2.05, 4.69) is 15.5 Å². The number of carbonyl (C=O) groups is 3. The lowest BCUT2D eigenvalue weighted by Gasteiger charge is -2.16. The van der Waals surface area contributed by atoms with Gasteiger partial charge in [0.15, 0.2) is 14.5 Å². The summed E-state index contributed by atoms with van der Waals surface area (Å²) in [5.74, 6) is -0.208. The number of imide groups is 1. The molecule has 1 aromatic heterocycles. The Morgan fingerprint density at radius 3 is 2.42 bits per heavy atom. The van der Waals surface area contributed by atoms with E-state index in [4.69, 9.17) is 5.73 Å². The second-order valence-electron chi connectivity index (χ2n) is 5.55. The standard InChI is InChI=1S/C16H18N4O3S3/c1-9(2)12(13(22)18-14(17)23)25-16-20-19-15(26-16)24-8-11(21)10-6-4-3-5-7-10/h3-7,9,12H,8H2,1-2H3,(H3,17,18,22,23)/t12-/m0/s1. The summed E-state index contributed by atoms with van der Waals surface area (Å²) in [5, 5.41) is 9.68. The highest BCUT2D eigenvalue weighted by molar-refractivity contribution is 8.04. The summed E-state index contributed by atoms with van der Waals surface area (Å²) < 4.78 is 1.24. The van der Waals surface area contributed by atoms with Gasteiger partial charge in [0.25, 0.3) is 0 Å². The molecule has 0 radical (unpaired) electrons. The molecule has 10 heteroatoms. The molecule has 0 aliphatic heterocycles. The van der Waals surface area contributed by atoms with Gasteiger partial charge in [-0.15, -0.1) is 10.2 Å². The van der Waals surface area contributed by atoms with Crippen molar-refractivity contribution in [3.05, 3.63) is 35.9 Å². The third kappa shape index (κ3) is 6.11. The van der Waals surface area contributed by atoms with Crippen molar-refractivity contribution < 1.29 is 14.4 Å². The molecule has 0 unspecified atom stereocenters. The number of urea groups is 1. The van der Waals surface area contributed by atoms with E-state index in [-0.39, 0.29) is 17.5 Å². The van der Waals surface area contributed by atoms with Crippen LogP contribution in [0.5, 0.6) is 0 Å². The zero-order chi connectivity index (χ0) is 19.1. The SMILES string of the molecule is CC(C)[C@H](Sc1nnc(SCC(=O)c2ccccc2)s1)C(=O)NC(N)=O. The van der Waals surface area contributed by atoms with E-state index in [0.717, 1.165) is 0 Å². The fourth-order valence-electron chi connectivity index (χ4n) is 1.93. The van der Waals surface area contributed by atoms with Gasteiger partial charge in [0.1, 0.15) is 0 Å². The van der Waals surface area contributed by atoms with Crippen molar-refractivity contribution in [3.8, 4) is 0 Å². The topological polar surface area (TPSA) is 115 Å². The van der Waals surface area contributed by atoms with Crippen molar-refractivity contribution in [2.75, 3.05) is 5.75 Å². The Kier molecular flexibility index (Phi) is 7.61. The van der Waals surface area contributed by atoms with Gasteiger partial charge in [0.05, 0.1) is 11.0 Å². The predicted molar refractivity (Wildman–Crippen MR) is 104 cm³/mol. The molecule has 3 N–H and O–H groups in total.